The average Bonchev–Trinajstić information content (AvgIpc) is 2.41. The molecule has 0 fully saturated rings. The summed E-state index contributed by atoms with van der Waals surface area (Å²) in [5, 5.41) is 0. The second kappa shape index (κ2) is 4.02. The molecule has 18 heavy (non-hydrogen) atoms. The topological polar surface area (TPSA) is 46.3 Å². The van der Waals surface area contributed by atoms with E-state index in [1.807, 2.05) is 20.8 Å². The molecule has 1 aromatic carbocycles. The molecule has 0 radical (unpaired) electrons. The fourth-order valence-electron chi connectivity index (χ4n) is 2.15. The summed E-state index contributed by atoms with van der Waals surface area (Å²) in [5.41, 5.74) is 5.85. The Morgan fingerprint density at radius 1 is 1.33 bits per heavy atom. The van der Waals surface area contributed by atoms with E-state index in [4.69, 9.17) is 5.73 Å². The van der Waals surface area contributed by atoms with Crippen molar-refractivity contribution in [2.45, 2.75) is 26.8 Å². The molecule has 0 bridgehead atoms. The number of hydrogen-bond donors (Lipinski definition) is 1. The van der Waals surface area contributed by atoms with Crippen LogP contribution in [0.3, 0.4) is 0 Å². The summed E-state index contributed by atoms with van der Waals surface area (Å²) in [4.78, 5) is 13.4. The predicted octanol–water partition coefficient (Wildman–Crippen LogP) is 2.36. The monoisotopic (exact) mass is 254 g/mol. The van der Waals surface area contributed by atoms with Gasteiger partial charge in [0.1, 0.15) is 17.7 Å². The molecule has 1 heterocycles. The number of halogens is 2. The van der Waals surface area contributed by atoms with Gasteiger partial charge in [0.15, 0.2) is 0 Å². The van der Waals surface area contributed by atoms with Crippen LogP contribution < -0.4 is 10.6 Å². The second-order valence-electron chi connectivity index (χ2n) is 5.78. The molecule has 0 saturated heterocycles. The molecule has 1 amide bonds. The van der Waals surface area contributed by atoms with E-state index in [0.717, 1.165) is 12.1 Å². The third kappa shape index (κ3) is 2.10. The third-order valence-corrected chi connectivity index (χ3v) is 2.84. The Kier molecular flexibility index (Phi) is 2.89. The van der Waals surface area contributed by atoms with Crippen LogP contribution in [-0.4, -0.2) is 12.5 Å². The van der Waals surface area contributed by atoms with Gasteiger partial charge < -0.3 is 10.6 Å². The van der Waals surface area contributed by atoms with Gasteiger partial charge in [-0.2, -0.15) is 0 Å². The molecule has 1 unspecified atom stereocenters. The van der Waals surface area contributed by atoms with Crippen molar-refractivity contribution in [1.29, 1.82) is 0 Å². The molecular formula is C13H16F2N2O. The van der Waals surface area contributed by atoms with Crippen LogP contribution >= 0.6 is 0 Å². The van der Waals surface area contributed by atoms with Crippen LogP contribution in [0.4, 0.5) is 14.5 Å². The number of carbonyl (C=O) groups excluding carboxylic acids is 1. The van der Waals surface area contributed by atoms with E-state index in [1.54, 1.807) is 0 Å². The first kappa shape index (κ1) is 13.0. The Balaban J connectivity index is 2.51. The number of benzene rings is 1. The fraction of sp³-hybridized carbons (Fsp3) is 0.462. The Hall–Kier alpha value is -1.49. The van der Waals surface area contributed by atoms with Crippen LogP contribution in [0.1, 0.15) is 32.4 Å². The summed E-state index contributed by atoms with van der Waals surface area (Å²) in [5.74, 6) is -1.85. The maximum Gasteiger partial charge on any atom is 0.248 e. The lowest BCUT2D eigenvalue weighted by Crippen LogP contribution is -2.37. The number of nitrogens with two attached hydrogens (primary N) is 1. The highest BCUT2D eigenvalue weighted by molar-refractivity contribution is 6.04. The van der Waals surface area contributed by atoms with Gasteiger partial charge in [-0.15, -0.1) is 0 Å². The number of nitrogens with zero attached hydrogens (tertiary/aromatic N) is 1. The highest BCUT2D eigenvalue weighted by atomic mass is 19.1. The normalized spacial score (nSPS) is 19.3. The predicted molar refractivity (Wildman–Crippen MR) is 65.1 cm³/mol. The van der Waals surface area contributed by atoms with Gasteiger partial charge >= 0.3 is 0 Å². The number of hydrogen-bond acceptors (Lipinski definition) is 2. The van der Waals surface area contributed by atoms with Crippen LogP contribution in [0.2, 0.25) is 0 Å². The molecular weight excluding hydrogens is 238 g/mol. The summed E-state index contributed by atoms with van der Waals surface area (Å²) in [6.07, 6.45) is 0. The van der Waals surface area contributed by atoms with Gasteiger partial charge in [0.25, 0.3) is 0 Å². The van der Waals surface area contributed by atoms with Gasteiger partial charge in [0.2, 0.25) is 5.91 Å². The highest BCUT2D eigenvalue weighted by Crippen LogP contribution is 2.38. The fourth-order valence-corrected chi connectivity index (χ4v) is 2.15. The van der Waals surface area contributed by atoms with Crippen LogP contribution in [0.15, 0.2) is 12.1 Å². The molecule has 5 heteroatoms. The number of carbonyl (C=O) groups is 1. The summed E-state index contributed by atoms with van der Waals surface area (Å²) < 4.78 is 26.9. The number of amides is 1. The van der Waals surface area contributed by atoms with E-state index >= 15 is 0 Å². The first-order valence-corrected chi connectivity index (χ1v) is 5.76. The van der Waals surface area contributed by atoms with Crippen molar-refractivity contribution >= 4 is 11.6 Å². The molecule has 98 valence electrons. The maximum atomic E-state index is 13.7. The first-order valence-electron chi connectivity index (χ1n) is 5.76. The van der Waals surface area contributed by atoms with E-state index in [-0.39, 0.29) is 22.6 Å². The minimum atomic E-state index is -1.04. The van der Waals surface area contributed by atoms with Crippen LogP contribution in [0.25, 0.3) is 0 Å². The molecule has 1 aliphatic heterocycles. The molecule has 0 aliphatic carbocycles. The third-order valence-electron chi connectivity index (χ3n) is 2.84. The Labute approximate surface area is 105 Å². The Morgan fingerprint density at radius 3 is 2.50 bits per heavy atom. The lowest BCUT2D eigenvalue weighted by molar-refractivity contribution is -0.119. The van der Waals surface area contributed by atoms with Gasteiger partial charge in [0.05, 0.1) is 5.69 Å². The Bertz CT molecular complexity index is 508. The van der Waals surface area contributed by atoms with Gasteiger partial charge in [0, 0.05) is 18.2 Å². The number of anilines is 1. The van der Waals surface area contributed by atoms with Gasteiger partial charge in [-0.25, -0.2) is 8.78 Å². The zero-order chi connectivity index (χ0) is 13.7. The second-order valence-corrected chi connectivity index (χ2v) is 5.78. The van der Waals surface area contributed by atoms with E-state index < -0.39 is 17.7 Å². The molecule has 0 spiro atoms. The number of fused-ring (bicyclic) bond motifs is 1. The van der Waals surface area contributed by atoms with Gasteiger partial charge in [-0.3, -0.25) is 4.79 Å². The zero-order valence-electron chi connectivity index (χ0n) is 10.6. The Morgan fingerprint density at radius 2 is 1.94 bits per heavy atom. The maximum absolute atomic E-state index is 13.7. The van der Waals surface area contributed by atoms with Gasteiger partial charge in [-0.05, 0) is 11.5 Å². The highest BCUT2D eigenvalue weighted by Gasteiger charge is 2.39. The SMILES string of the molecule is CC(C)(C)CN1C(=O)C(N)c2c(F)cc(F)cc21. The van der Waals surface area contributed by atoms with Crippen molar-refractivity contribution in [1.82, 2.24) is 0 Å². The first-order chi connectivity index (χ1) is 8.20. The summed E-state index contributed by atoms with van der Waals surface area (Å²) in [6, 6.07) is 0.879. The van der Waals surface area contributed by atoms with Crippen molar-refractivity contribution in [3.05, 3.63) is 29.3 Å². The molecule has 3 nitrogen and oxygen atoms in total. The van der Waals surface area contributed by atoms with Crippen molar-refractivity contribution in [2.24, 2.45) is 11.1 Å². The van der Waals surface area contributed by atoms with Crippen molar-refractivity contribution in [3.63, 3.8) is 0 Å². The minimum absolute atomic E-state index is 0.0886. The van der Waals surface area contributed by atoms with Crippen LogP contribution in [-0.2, 0) is 4.79 Å². The molecule has 1 atom stereocenters. The molecule has 2 N–H and O–H groups in total. The molecule has 1 aromatic rings. The lowest BCUT2D eigenvalue weighted by atomic mass is 9.96. The van der Waals surface area contributed by atoms with Crippen molar-refractivity contribution in [3.8, 4) is 0 Å². The smallest absolute Gasteiger partial charge is 0.248 e. The van der Waals surface area contributed by atoms with Crippen molar-refractivity contribution < 1.29 is 13.6 Å². The summed E-state index contributed by atoms with van der Waals surface area (Å²) >= 11 is 0. The van der Waals surface area contributed by atoms with E-state index in [9.17, 15) is 13.6 Å². The molecule has 0 aromatic heterocycles. The van der Waals surface area contributed by atoms with E-state index in [2.05, 4.69) is 0 Å². The largest absolute Gasteiger partial charge is 0.316 e. The van der Waals surface area contributed by atoms with Crippen molar-refractivity contribution in [2.75, 3.05) is 11.4 Å². The minimum Gasteiger partial charge on any atom is -0.316 e. The molecule has 0 saturated carbocycles. The molecule has 1 aliphatic rings. The van der Waals surface area contributed by atoms with Crippen LogP contribution in [0.5, 0.6) is 0 Å². The lowest BCUT2D eigenvalue weighted by Gasteiger charge is -2.27. The standard InChI is InChI=1S/C13H16F2N2O/c1-13(2,3)6-17-9-5-7(14)4-8(15)10(9)11(16)12(17)18/h4-5,11H,6,16H2,1-3H3. The van der Waals surface area contributed by atoms with Crippen LogP contribution in [0, 0.1) is 17.0 Å². The summed E-state index contributed by atoms with van der Waals surface area (Å²) in [7, 11) is 0. The molecule has 2 rings (SSSR count). The van der Waals surface area contributed by atoms with Gasteiger partial charge in [-0.1, -0.05) is 20.8 Å². The average molecular weight is 254 g/mol. The quantitative estimate of drug-likeness (QED) is 0.836. The van der Waals surface area contributed by atoms with E-state index in [0.29, 0.717) is 6.54 Å². The zero-order valence-corrected chi connectivity index (χ0v) is 10.6. The van der Waals surface area contributed by atoms with E-state index in [1.165, 1.54) is 4.90 Å². The number of rotatable bonds is 1. The summed E-state index contributed by atoms with van der Waals surface area (Å²) in [6.45, 7) is 6.20.